The Kier molecular flexibility index (Phi) is 8.06. The average molecular weight is 572 g/mol. The summed E-state index contributed by atoms with van der Waals surface area (Å²) < 4.78 is 49.0. The van der Waals surface area contributed by atoms with E-state index < -0.39 is 12.8 Å². The number of hydrogen-bond donors (Lipinski definition) is 0. The lowest BCUT2D eigenvalue weighted by molar-refractivity contribution is -0.153. The molecule has 2 aliphatic rings. The van der Waals surface area contributed by atoms with Crippen LogP contribution in [0.1, 0.15) is 38.2 Å². The normalized spacial score (nSPS) is 20.9. The summed E-state index contributed by atoms with van der Waals surface area (Å²) in [5.41, 5.74) is 1.60. The molecular weight excluding hydrogens is 537 g/mol. The highest BCUT2D eigenvalue weighted by molar-refractivity contribution is 7.98. The molecule has 0 spiro atoms. The van der Waals surface area contributed by atoms with Crippen molar-refractivity contribution in [3.63, 3.8) is 0 Å². The van der Waals surface area contributed by atoms with E-state index in [1.807, 2.05) is 29.2 Å². The number of halogens is 3. The molecule has 0 aromatic heterocycles. The first kappa shape index (κ1) is 28.4. The lowest BCUT2D eigenvalue weighted by atomic mass is 10.2. The van der Waals surface area contributed by atoms with Crippen LogP contribution in [0.2, 0.25) is 0 Å². The SMILES string of the molecule is CC(C)(C)[S+](c1ccccc1)[C@@H](O[C@H]1C[C@@H]2CN(c3ccc(OCC(F)(F)F)cc3)C(=O)N2C1)c1ccccc1. The van der Waals surface area contributed by atoms with Crippen LogP contribution in [-0.2, 0) is 15.6 Å². The van der Waals surface area contributed by atoms with E-state index >= 15 is 0 Å². The Labute approximate surface area is 236 Å². The number of anilines is 1. The third-order valence-corrected chi connectivity index (χ3v) is 9.97. The quantitative estimate of drug-likeness (QED) is 0.269. The van der Waals surface area contributed by atoms with Crippen molar-refractivity contribution in [3.05, 3.63) is 90.5 Å². The number of amides is 2. The number of carbonyl (C=O) groups is 1. The van der Waals surface area contributed by atoms with Crippen molar-refractivity contribution in [2.45, 2.75) is 60.6 Å². The zero-order valence-corrected chi connectivity index (χ0v) is 23.6. The molecule has 2 saturated heterocycles. The Morgan fingerprint density at radius 1 is 0.900 bits per heavy atom. The Morgan fingerprint density at radius 3 is 2.10 bits per heavy atom. The molecule has 2 aliphatic heterocycles. The van der Waals surface area contributed by atoms with E-state index in [1.165, 1.54) is 17.0 Å². The Morgan fingerprint density at radius 2 is 1.52 bits per heavy atom. The molecule has 9 heteroatoms. The number of ether oxygens (including phenoxy) is 2. The van der Waals surface area contributed by atoms with Gasteiger partial charge in [-0.1, -0.05) is 48.5 Å². The molecule has 3 aromatic rings. The fourth-order valence-corrected chi connectivity index (χ4v) is 8.09. The molecule has 4 atom stereocenters. The largest absolute Gasteiger partial charge is 0.484 e. The molecule has 40 heavy (non-hydrogen) atoms. The molecule has 0 aliphatic carbocycles. The molecule has 0 bridgehead atoms. The number of nitrogens with zero attached hydrogens (tertiary/aromatic N) is 2. The lowest BCUT2D eigenvalue weighted by Crippen LogP contribution is -2.38. The molecule has 5 rings (SSSR count). The van der Waals surface area contributed by atoms with Crippen LogP contribution < -0.4 is 9.64 Å². The fraction of sp³-hybridized carbons (Fsp3) is 0.387. The molecule has 0 saturated carbocycles. The summed E-state index contributed by atoms with van der Waals surface area (Å²) in [7, 11) is -0.270. The summed E-state index contributed by atoms with van der Waals surface area (Å²) in [6.07, 6.45) is -3.80. The van der Waals surface area contributed by atoms with Crippen LogP contribution in [0.5, 0.6) is 5.75 Å². The van der Waals surface area contributed by atoms with E-state index in [1.54, 1.807) is 17.0 Å². The first-order chi connectivity index (χ1) is 19.0. The molecule has 3 aromatic carbocycles. The fourth-order valence-electron chi connectivity index (χ4n) is 5.35. The van der Waals surface area contributed by atoms with Gasteiger partial charge in [-0.2, -0.15) is 13.2 Å². The van der Waals surface area contributed by atoms with Gasteiger partial charge in [0, 0.05) is 24.3 Å². The molecule has 2 fully saturated rings. The molecule has 5 nitrogen and oxygen atoms in total. The first-order valence-electron chi connectivity index (χ1n) is 13.4. The second-order valence-corrected chi connectivity index (χ2v) is 13.9. The Bertz CT molecular complexity index is 1280. The predicted molar refractivity (Wildman–Crippen MR) is 152 cm³/mol. The van der Waals surface area contributed by atoms with Crippen molar-refractivity contribution in [3.8, 4) is 5.75 Å². The summed E-state index contributed by atoms with van der Waals surface area (Å²) in [6, 6.07) is 26.9. The summed E-state index contributed by atoms with van der Waals surface area (Å²) in [5, 5.41) is 0. The zero-order chi connectivity index (χ0) is 28.5. The molecule has 212 valence electrons. The van der Waals surface area contributed by atoms with Crippen molar-refractivity contribution in [1.82, 2.24) is 4.90 Å². The van der Waals surface area contributed by atoms with Gasteiger partial charge >= 0.3 is 12.2 Å². The van der Waals surface area contributed by atoms with E-state index in [4.69, 9.17) is 9.47 Å². The summed E-state index contributed by atoms with van der Waals surface area (Å²) in [6.45, 7) is 6.38. The topological polar surface area (TPSA) is 42.0 Å². The van der Waals surface area contributed by atoms with Gasteiger partial charge in [0.15, 0.2) is 11.5 Å². The number of alkyl halides is 3. The molecule has 1 unspecified atom stereocenters. The van der Waals surface area contributed by atoms with E-state index in [2.05, 4.69) is 57.2 Å². The minimum absolute atomic E-state index is 0.00299. The van der Waals surface area contributed by atoms with Crippen molar-refractivity contribution >= 4 is 22.6 Å². The predicted octanol–water partition coefficient (Wildman–Crippen LogP) is 7.20. The maximum absolute atomic E-state index is 13.4. The highest BCUT2D eigenvalue weighted by atomic mass is 32.2. The van der Waals surface area contributed by atoms with Gasteiger partial charge in [0.05, 0.1) is 23.0 Å². The number of hydrogen-bond acceptors (Lipinski definition) is 3. The molecule has 2 amide bonds. The van der Waals surface area contributed by atoms with E-state index in [0.29, 0.717) is 25.2 Å². The molecular formula is C31H34F3N2O3S+. The molecule has 0 N–H and O–H groups in total. The van der Waals surface area contributed by atoms with Crippen molar-refractivity contribution in [1.29, 1.82) is 0 Å². The Hall–Kier alpha value is -3.17. The van der Waals surface area contributed by atoms with Gasteiger partial charge in [-0.05, 0) is 63.6 Å². The molecule has 2 heterocycles. The average Bonchev–Trinajstić information content (AvgIpc) is 3.45. The van der Waals surface area contributed by atoms with Crippen LogP contribution in [0.4, 0.5) is 23.7 Å². The van der Waals surface area contributed by atoms with Crippen LogP contribution in [0.15, 0.2) is 89.8 Å². The minimum Gasteiger partial charge on any atom is -0.484 e. The van der Waals surface area contributed by atoms with E-state index in [9.17, 15) is 18.0 Å². The van der Waals surface area contributed by atoms with Gasteiger partial charge in [0.1, 0.15) is 10.5 Å². The van der Waals surface area contributed by atoms with Crippen LogP contribution in [0, 0.1) is 0 Å². The summed E-state index contributed by atoms with van der Waals surface area (Å²) in [4.78, 5) is 18.1. The van der Waals surface area contributed by atoms with Crippen molar-refractivity contribution in [2.24, 2.45) is 0 Å². The van der Waals surface area contributed by atoms with Gasteiger partial charge in [-0.15, -0.1) is 0 Å². The monoisotopic (exact) mass is 571 g/mol. The second-order valence-electron chi connectivity index (χ2n) is 11.1. The highest BCUT2D eigenvalue weighted by Gasteiger charge is 2.50. The standard InChI is InChI=1S/C31H34F3N2O3S/c1-30(2,3)40(27-12-8-5-9-13-27)28(22-10-6-4-7-11-22)39-26-18-24-19-35(29(37)36(24)20-26)23-14-16-25(17-15-23)38-21-31(32,33)34/h4-17,24,26,28H,18-21H2,1-3H3/q+1/t24-,26+,28-,40?/m1/s1. The van der Waals surface area contributed by atoms with Crippen LogP contribution >= 0.6 is 0 Å². The second kappa shape index (κ2) is 11.4. The third kappa shape index (κ3) is 6.41. The van der Waals surface area contributed by atoms with Gasteiger partial charge in [0.2, 0.25) is 0 Å². The number of rotatable bonds is 8. The van der Waals surface area contributed by atoms with Crippen LogP contribution in [-0.4, -0.2) is 53.7 Å². The van der Waals surface area contributed by atoms with E-state index in [0.717, 1.165) is 5.56 Å². The highest BCUT2D eigenvalue weighted by Crippen LogP contribution is 2.43. The van der Waals surface area contributed by atoms with Gasteiger partial charge < -0.3 is 14.4 Å². The summed E-state index contributed by atoms with van der Waals surface area (Å²) in [5.74, 6) is 0.112. The van der Waals surface area contributed by atoms with Gasteiger partial charge in [0.25, 0.3) is 5.44 Å². The first-order valence-corrected chi connectivity index (χ1v) is 14.6. The van der Waals surface area contributed by atoms with Crippen molar-refractivity contribution in [2.75, 3.05) is 24.6 Å². The molecule has 0 radical (unpaired) electrons. The Balaban J connectivity index is 1.30. The van der Waals surface area contributed by atoms with Crippen LogP contribution in [0.25, 0.3) is 0 Å². The number of benzene rings is 3. The van der Waals surface area contributed by atoms with Gasteiger partial charge in [-0.3, -0.25) is 4.90 Å². The number of urea groups is 1. The number of carbonyl (C=O) groups excluding carboxylic acids is 1. The number of fused-ring (bicyclic) bond motifs is 1. The lowest BCUT2D eigenvalue weighted by Gasteiger charge is -2.30. The van der Waals surface area contributed by atoms with Gasteiger partial charge in [-0.25, -0.2) is 4.79 Å². The summed E-state index contributed by atoms with van der Waals surface area (Å²) >= 11 is 0. The van der Waals surface area contributed by atoms with Crippen LogP contribution in [0.3, 0.4) is 0 Å². The zero-order valence-electron chi connectivity index (χ0n) is 22.8. The van der Waals surface area contributed by atoms with E-state index in [-0.39, 0.29) is 45.0 Å². The third-order valence-electron chi connectivity index (χ3n) is 7.06. The minimum atomic E-state index is -4.40. The maximum atomic E-state index is 13.4. The maximum Gasteiger partial charge on any atom is 0.422 e. The smallest absolute Gasteiger partial charge is 0.422 e. The van der Waals surface area contributed by atoms with Crippen molar-refractivity contribution < 1.29 is 27.4 Å².